The topological polar surface area (TPSA) is 84.9 Å². The Morgan fingerprint density at radius 3 is 2.22 bits per heavy atom. The zero-order valence-corrected chi connectivity index (χ0v) is 19.6. The number of hydrogen-bond donors (Lipinski definition) is 1. The molecule has 2 aromatic carbocycles. The summed E-state index contributed by atoms with van der Waals surface area (Å²) in [5.74, 6) is 1.03. The minimum absolute atomic E-state index is 0.192. The summed E-state index contributed by atoms with van der Waals surface area (Å²) in [6.45, 7) is 5.73. The third kappa shape index (κ3) is 6.23. The van der Waals surface area contributed by atoms with Gasteiger partial charge in [-0.2, -0.15) is 4.31 Å². The first-order chi connectivity index (χ1) is 15.4. The second-order valence-corrected chi connectivity index (χ2v) is 9.67. The molecular formula is C24H32N2O5S. The number of nitrogens with zero attached hydrogens (tertiary/aromatic N) is 1. The number of carbonyl (C=O) groups is 1. The van der Waals surface area contributed by atoms with Gasteiger partial charge in [0, 0.05) is 13.1 Å². The maximum atomic E-state index is 12.6. The van der Waals surface area contributed by atoms with Crippen molar-refractivity contribution in [2.45, 2.75) is 50.5 Å². The molecule has 0 aromatic heterocycles. The van der Waals surface area contributed by atoms with Crippen LogP contribution in [0.4, 0.5) is 0 Å². The third-order valence-electron chi connectivity index (χ3n) is 5.47. The van der Waals surface area contributed by atoms with Gasteiger partial charge in [0.25, 0.3) is 5.91 Å². The molecule has 32 heavy (non-hydrogen) atoms. The van der Waals surface area contributed by atoms with Crippen molar-refractivity contribution in [3.05, 3.63) is 54.1 Å². The monoisotopic (exact) mass is 460 g/mol. The predicted molar refractivity (Wildman–Crippen MR) is 123 cm³/mol. The van der Waals surface area contributed by atoms with Crippen molar-refractivity contribution in [2.24, 2.45) is 0 Å². The van der Waals surface area contributed by atoms with Crippen LogP contribution in [0.5, 0.6) is 11.5 Å². The van der Waals surface area contributed by atoms with E-state index in [1.807, 2.05) is 31.2 Å². The van der Waals surface area contributed by atoms with E-state index in [-0.39, 0.29) is 17.4 Å². The van der Waals surface area contributed by atoms with Gasteiger partial charge in [0.1, 0.15) is 18.1 Å². The number of benzene rings is 2. The van der Waals surface area contributed by atoms with Crippen LogP contribution in [0.3, 0.4) is 0 Å². The van der Waals surface area contributed by atoms with E-state index in [2.05, 4.69) is 12.2 Å². The molecule has 1 fully saturated rings. The first kappa shape index (κ1) is 24.1. The zero-order chi connectivity index (χ0) is 23.0. The number of ether oxygens (including phenoxy) is 2. The number of amides is 1. The summed E-state index contributed by atoms with van der Waals surface area (Å²) < 4.78 is 38.1. The number of hydrogen-bond acceptors (Lipinski definition) is 5. The maximum Gasteiger partial charge on any atom is 0.261 e. The van der Waals surface area contributed by atoms with Gasteiger partial charge in [0.15, 0.2) is 6.10 Å². The number of carbonyl (C=O) groups excluding carboxylic acids is 1. The molecule has 2 aromatic rings. The lowest BCUT2D eigenvalue weighted by atomic mass is 10.2. The highest BCUT2D eigenvalue weighted by atomic mass is 32.2. The first-order valence-electron chi connectivity index (χ1n) is 11.2. The fraction of sp³-hybridized carbons (Fsp3) is 0.458. The molecule has 1 aliphatic heterocycles. The lowest BCUT2D eigenvalue weighted by Gasteiger charge is -2.18. The fourth-order valence-electron chi connectivity index (χ4n) is 3.53. The van der Waals surface area contributed by atoms with Gasteiger partial charge in [-0.1, -0.05) is 26.0 Å². The Hall–Kier alpha value is -2.58. The van der Waals surface area contributed by atoms with Gasteiger partial charge in [-0.3, -0.25) is 4.79 Å². The van der Waals surface area contributed by atoms with Crippen LogP contribution >= 0.6 is 0 Å². The predicted octanol–water partition coefficient (Wildman–Crippen LogP) is 3.39. The molecule has 1 heterocycles. The Bertz CT molecular complexity index is 968. The molecule has 1 saturated heterocycles. The molecule has 0 spiro atoms. The Labute approximate surface area is 190 Å². The standard InChI is InChI=1S/C24H32N2O5S/c1-3-19-7-9-21(10-8-19)31-23(4-2)24(27)25-15-18-30-20-11-13-22(14-12-20)32(28,29)26-16-5-6-17-26/h7-14,23H,3-6,15-18H2,1-2H3,(H,25,27)/t23-/m1/s1. The maximum absolute atomic E-state index is 12.6. The molecule has 0 radical (unpaired) electrons. The van der Waals surface area contributed by atoms with Gasteiger partial charge in [0.2, 0.25) is 10.0 Å². The molecule has 7 nitrogen and oxygen atoms in total. The van der Waals surface area contributed by atoms with Crippen molar-refractivity contribution in [2.75, 3.05) is 26.2 Å². The summed E-state index contributed by atoms with van der Waals surface area (Å²) in [4.78, 5) is 12.7. The van der Waals surface area contributed by atoms with Crippen molar-refractivity contribution >= 4 is 15.9 Å². The minimum Gasteiger partial charge on any atom is -0.492 e. The molecular weight excluding hydrogens is 428 g/mol. The van der Waals surface area contributed by atoms with E-state index in [9.17, 15) is 13.2 Å². The first-order valence-corrected chi connectivity index (χ1v) is 12.6. The van der Waals surface area contributed by atoms with Crippen molar-refractivity contribution in [1.82, 2.24) is 9.62 Å². The molecule has 1 amide bonds. The van der Waals surface area contributed by atoms with Crippen LogP contribution in [0.25, 0.3) is 0 Å². The summed E-state index contributed by atoms with van der Waals surface area (Å²) in [5, 5.41) is 2.83. The van der Waals surface area contributed by atoms with E-state index in [1.165, 1.54) is 9.87 Å². The number of nitrogens with one attached hydrogen (secondary N) is 1. The van der Waals surface area contributed by atoms with Crippen molar-refractivity contribution in [3.8, 4) is 11.5 Å². The molecule has 3 rings (SSSR count). The quantitative estimate of drug-likeness (QED) is 0.520. The van der Waals surface area contributed by atoms with Crippen LogP contribution in [-0.4, -0.2) is 51.0 Å². The van der Waals surface area contributed by atoms with E-state index in [1.54, 1.807) is 24.3 Å². The van der Waals surface area contributed by atoms with Crippen LogP contribution in [-0.2, 0) is 21.2 Å². The lowest BCUT2D eigenvalue weighted by Crippen LogP contribution is -2.39. The summed E-state index contributed by atoms with van der Waals surface area (Å²) in [7, 11) is -3.43. The minimum atomic E-state index is -3.43. The van der Waals surface area contributed by atoms with E-state index in [0.717, 1.165) is 19.3 Å². The van der Waals surface area contributed by atoms with Gasteiger partial charge in [-0.05, 0) is 67.6 Å². The Kier molecular flexibility index (Phi) is 8.53. The highest BCUT2D eigenvalue weighted by Crippen LogP contribution is 2.23. The number of sulfonamides is 1. The highest BCUT2D eigenvalue weighted by molar-refractivity contribution is 7.89. The molecule has 0 unspecified atom stereocenters. The molecule has 0 saturated carbocycles. The van der Waals surface area contributed by atoms with Gasteiger partial charge < -0.3 is 14.8 Å². The fourth-order valence-corrected chi connectivity index (χ4v) is 5.05. The molecule has 1 atom stereocenters. The molecule has 0 aliphatic carbocycles. The molecule has 1 aliphatic rings. The largest absolute Gasteiger partial charge is 0.492 e. The van der Waals surface area contributed by atoms with Crippen molar-refractivity contribution < 1.29 is 22.7 Å². The SMILES string of the molecule is CCc1ccc(O[C@H](CC)C(=O)NCCOc2ccc(S(=O)(=O)N3CCCC3)cc2)cc1. The molecule has 0 bridgehead atoms. The average Bonchev–Trinajstić information content (AvgIpc) is 3.37. The van der Waals surface area contributed by atoms with Crippen LogP contribution in [0.2, 0.25) is 0 Å². The van der Waals surface area contributed by atoms with Gasteiger partial charge in [-0.15, -0.1) is 0 Å². The third-order valence-corrected chi connectivity index (χ3v) is 7.38. The second kappa shape index (κ2) is 11.3. The Morgan fingerprint density at radius 1 is 1.00 bits per heavy atom. The summed E-state index contributed by atoms with van der Waals surface area (Å²) >= 11 is 0. The van der Waals surface area contributed by atoms with Gasteiger partial charge >= 0.3 is 0 Å². The van der Waals surface area contributed by atoms with Crippen LogP contribution in [0, 0.1) is 0 Å². The molecule has 1 N–H and O–H groups in total. The average molecular weight is 461 g/mol. The van der Waals surface area contributed by atoms with Crippen molar-refractivity contribution in [3.63, 3.8) is 0 Å². The smallest absolute Gasteiger partial charge is 0.261 e. The van der Waals surface area contributed by atoms with Crippen LogP contribution < -0.4 is 14.8 Å². The Balaban J connectivity index is 1.44. The molecule has 174 valence electrons. The van der Waals surface area contributed by atoms with Crippen LogP contribution in [0.15, 0.2) is 53.4 Å². The normalized spacial score (nSPS) is 15.3. The van der Waals surface area contributed by atoms with Gasteiger partial charge in [0.05, 0.1) is 11.4 Å². The van der Waals surface area contributed by atoms with Crippen LogP contribution in [0.1, 0.15) is 38.7 Å². The summed E-state index contributed by atoms with van der Waals surface area (Å²) in [6.07, 6.45) is 2.74. The van der Waals surface area contributed by atoms with Crippen molar-refractivity contribution in [1.29, 1.82) is 0 Å². The van der Waals surface area contributed by atoms with E-state index in [0.29, 0.717) is 37.6 Å². The lowest BCUT2D eigenvalue weighted by molar-refractivity contribution is -0.128. The summed E-state index contributed by atoms with van der Waals surface area (Å²) in [6, 6.07) is 14.2. The van der Waals surface area contributed by atoms with E-state index < -0.39 is 16.1 Å². The number of rotatable bonds is 11. The van der Waals surface area contributed by atoms with E-state index >= 15 is 0 Å². The second-order valence-electron chi connectivity index (χ2n) is 7.73. The van der Waals surface area contributed by atoms with E-state index in [4.69, 9.17) is 9.47 Å². The molecule has 8 heteroatoms. The summed E-state index contributed by atoms with van der Waals surface area (Å²) in [5.41, 5.74) is 1.22. The van der Waals surface area contributed by atoms with Gasteiger partial charge in [-0.25, -0.2) is 8.42 Å². The highest BCUT2D eigenvalue weighted by Gasteiger charge is 2.27. The Morgan fingerprint density at radius 2 is 1.62 bits per heavy atom. The number of aryl methyl sites for hydroxylation is 1. The zero-order valence-electron chi connectivity index (χ0n) is 18.7.